The first kappa shape index (κ1) is 15.6. The Kier molecular flexibility index (Phi) is 3.67. The number of anilines is 3. The summed E-state index contributed by atoms with van der Waals surface area (Å²) in [5.74, 6) is -1.51. The molecule has 0 aromatic heterocycles. The van der Waals surface area contributed by atoms with E-state index in [1.165, 1.54) is 12.1 Å². The molecule has 2 N–H and O–H groups in total. The molecule has 5 nitrogen and oxygen atoms in total. The molecule has 2 aliphatic rings. The van der Waals surface area contributed by atoms with Crippen molar-refractivity contribution in [1.29, 1.82) is 0 Å². The van der Waals surface area contributed by atoms with E-state index in [4.69, 9.17) is 0 Å². The highest BCUT2D eigenvalue weighted by Gasteiger charge is 2.34. The van der Waals surface area contributed by atoms with Gasteiger partial charge in [-0.05, 0) is 54.8 Å². The molecule has 0 saturated heterocycles. The minimum Gasteiger partial charge on any atom is -0.388 e. The summed E-state index contributed by atoms with van der Waals surface area (Å²) in [7, 11) is 1.68. The van der Waals surface area contributed by atoms with Gasteiger partial charge in [0.15, 0.2) is 0 Å². The average molecular weight is 339 g/mol. The molecule has 6 heteroatoms. The molecule has 25 heavy (non-hydrogen) atoms. The van der Waals surface area contributed by atoms with E-state index in [0.717, 1.165) is 23.4 Å². The first-order valence-electron chi connectivity index (χ1n) is 8.31. The van der Waals surface area contributed by atoms with Gasteiger partial charge in [-0.3, -0.25) is 9.59 Å². The van der Waals surface area contributed by atoms with E-state index in [1.807, 2.05) is 12.1 Å². The van der Waals surface area contributed by atoms with E-state index in [-0.39, 0.29) is 12.1 Å². The summed E-state index contributed by atoms with van der Waals surface area (Å²) in [6.45, 7) is 0. The number of hydrogen-bond donors (Lipinski definition) is 2. The third-order valence-corrected chi connectivity index (χ3v) is 4.56. The van der Waals surface area contributed by atoms with Crippen LogP contribution in [0.1, 0.15) is 28.8 Å². The lowest BCUT2D eigenvalue weighted by Crippen LogP contribution is -2.43. The standard InChI is InChI=1S/C19H18FN3O2/c1-21-13-5-7-17(16(20)10-13)23-18(24)9-11-8-14(22-12-2-3-12)4-6-15(11)19(23)25/h4-8,10,12,21-22H,2-3,9H2,1H3. The van der Waals surface area contributed by atoms with Gasteiger partial charge in [0.25, 0.3) is 5.91 Å². The molecule has 128 valence electrons. The summed E-state index contributed by atoms with van der Waals surface area (Å²) in [6, 6.07) is 10.2. The van der Waals surface area contributed by atoms with Gasteiger partial charge >= 0.3 is 0 Å². The van der Waals surface area contributed by atoms with E-state index in [1.54, 1.807) is 19.2 Å². The van der Waals surface area contributed by atoms with Gasteiger partial charge in [-0.2, -0.15) is 0 Å². The number of halogens is 1. The van der Waals surface area contributed by atoms with Crippen LogP contribution in [0.25, 0.3) is 0 Å². The molecule has 0 atom stereocenters. The maximum Gasteiger partial charge on any atom is 0.265 e. The maximum absolute atomic E-state index is 14.4. The van der Waals surface area contributed by atoms with Crippen molar-refractivity contribution < 1.29 is 14.0 Å². The van der Waals surface area contributed by atoms with Crippen LogP contribution in [0.15, 0.2) is 36.4 Å². The molecule has 2 aromatic carbocycles. The zero-order chi connectivity index (χ0) is 17.6. The number of carbonyl (C=O) groups is 2. The van der Waals surface area contributed by atoms with Crippen molar-refractivity contribution in [1.82, 2.24) is 0 Å². The Morgan fingerprint density at radius 2 is 1.84 bits per heavy atom. The molecule has 0 spiro atoms. The molecule has 1 heterocycles. The summed E-state index contributed by atoms with van der Waals surface area (Å²) in [5, 5.41) is 6.18. The van der Waals surface area contributed by atoms with Crippen LogP contribution in [0, 0.1) is 5.82 Å². The lowest BCUT2D eigenvalue weighted by atomic mass is 9.97. The minimum absolute atomic E-state index is 0.0140. The molecular weight excluding hydrogens is 321 g/mol. The van der Waals surface area contributed by atoms with Crippen molar-refractivity contribution in [2.45, 2.75) is 25.3 Å². The Balaban J connectivity index is 1.68. The summed E-state index contributed by atoms with van der Waals surface area (Å²) < 4.78 is 14.4. The summed E-state index contributed by atoms with van der Waals surface area (Å²) in [4.78, 5) is 26.2. The highest BCUT2D eigenvalue weighted by atomic mass is 19.1. The molecule has 0 unspecified atom stereocenters. The fourth-order valence-electron chi connectivity index (χ4n) is 3.06. The molecule has 1 aliphatic carbocycles. The predicted octanol–water partition coefficient (Wildman–Crippen LogP) is 3.17. The van der Waals surface area contributed by atoms with Crippen molar-refractivity contribution in [2.75, 3.05) is 22.6 Å². The largest absolute Gasteiger partial charge is 0.388 e. The molecule has 2 aromatic rings. The van der Waals surface area contributed by atoms with Crippen molar-refractivity contribution in [2.24, 2.45) is 0 Å². The van der Waals surface area contributed by atoms with Gasteiger partial charge in [0, 0.05) is 30.0 Å². The molecule has 4 rings (SSSR count). The fraction of sp³-hybridized carbons (Fsp3) is 0.263. The number of amides is 2. The first-order valence-corrected chi connectivity index (χ1v) is 8.31. The van der Waals surface area contributed by atoms with Crippen LogP contribution in [-0.4, -0.2) is 24.9 Å². The summed E-state index contributed by atoms with van der Waals surface area (Å²) >= 11 is 0. The van der Waals surface area contributed by atoms with Crippen LogP contribution in [0.5, 0.6) is 0 Å². The van der Waals surface area contributed by atoms with Crippen molar-refractivity contribution in [3.05, 3.63) is 53.3 Å². The Labute approximate surface area is 144 Å². The molecule has 1 saturated carbocycles. The normalized spacial score (nSPS) is 16.6. The zero-order valence-electron chi connectivity index (χ0n) is 13.8. The minimum atomic E-state index is -0.607. The number of nitrogens with zero attached hydrogens (tertiary/aromatic N) is 1. The molecule has 1 aliphatic heterocycles. The van der Waals surface area contributed by atoms with Gasteiger partial charge in [0.2, 0.25) is 5.91 Å². The topological polar surface area (TPSA) is 61.4 Å². The highest BCUT2D eigenvalue weighted by molar-refractivity contribution is 6.24. The molecule has 0 radical (unpaired) electrons. The average Bonchev–Trinajstić information content (AvgIpc) is 3.40. The second kappa shape index (κ2) is 5.88. The van der Waals surface area contributed by atoms with Gasteiger partial charge in [-0.15, -0.1) is 0 Å². The van der Waals surface area contributed by atoms with Crippen LogP contribution in [0.2, 0.25) is 0 Å². The van der Waals surface area contributed by atoms with Crippen molar-refractivity contribution >= 4 is 28.9 Å². The number of nitrogens with one attached hydrogen (secondary N) is 2. The first-order chi connectivity index (χ1) is 12.1. The third-order valence-electron chi connectivity index (χ3n) is 4.56. The van der Waals surface area contributed by atoms with Gasteiger partial charge in [-0.25, -0.2) is 9.29 Å². The number of carbonyl (C=O) groups excluding carboxylic acids is 2. The number of hydrogen-bond acceptors (Lipinski definition) is 4. The van der Waals surface area contributed by atoms with Gasteiger partial charge in [0.1, 0.15) is 5.82 Å². The third kappa shape index (κ3) is 2.84. The Morgan fingerprint density at radius 3 is 2.52 bits per heavy atom. The Bertz CT molecular complexity index is 877. The van der Waals surface area contributed by atoms with Crippen LogP contribution >= 0.6 is 0 Å². The number of rotatable bonds is 4. The van der Waals surface area contributed by atoms with Gasteiger partial charge in [0.05, 0.1) is 12.1 Å². The number of fused-ring (bicyclic) bond motifs is 1. The van der Waals surface area contributed by atoms with Gasteiger partial charge in [-0.1, -0.05) is 0 Å². The Hall–Kier alpha value is -2.89. The lowest BCUT2D eigenvalue weighted by molar-refractivity contribution is -0.117. The monoisotopic (exact) mass is 339 g/mol. The second-order valence-corrected chi connectivity index (χ2v) is 6.42. The smallest absolute Gasteiger partial charge is 0.265 e. The number of benzene rings is 2. The van der Waals surface area contributed by atoms with E-state index >= 15 is 0 Å². The molecule has 0 bridgehead atoms. The number of imide groups is 1. The van der Waals surface area contributed by atoms with E-state index in [2.05, 4.69) is 10.6 Å². The SMILES string of the molecule is CNc1ccc(N2C(=O)Cc3cc(NC4CC4)ccc3C2=O)c(F)c1. The molecular formula is C19H18FN3O2. The van der Waals surface area contributed by atoms with E-state index in [9.17, 15) is 14.0 Å². The van der Waals surface area contributed by atoms with Crippen molar-refractivity contribution in [3.63, 3.8) is 0 Å². The second-order valence-electron chi connectivity index (χ2n) is 6.42. The summed E-state index contributed by atoms with van der Waals surface area (Å²) in [5.41, 5.74) is 2.61. The highest BCUT2D eigenvalue weighted by Crippen LogP contribution is 2.31. The molecule has 1 fully saturated rings. The fourth-order valence-corrected chi connectivity index (χ4v) is 3.06. The van der Waals surface area contributed by atoms with Crippen LogP contribution in [0.3, 0.4) is 0 Å². The quantitative estimate of drug-likeness (QED) is 0.840. The van der Waals surface area contributed by atoms with Gasteiger partial charge < -0.3 is 10.6 Å². The van der Waals surface area contributed by atoms with Crippen molar-refractivity contribution in [3.8, 4) is 0 Å². The maximum atomic E-state index is 14.4. The Morgan fingerprint density at radius 1 is 1.08 bits per heavy atom. The van der Waals surface area contributed by atoms with Crippen LogP contribution in [0.4, 0.5) is 21.5 Å². The summed E-state index contributed by atoms with van der Waals surface area (Å²) in [6.07, 6.45) is 2.36. The van der Waals surface area contributed by atoms with Crippen LogP contribution in [-0.2, 0) is 11.2 Å². The lowest BCUT2D eigenvalue weighted by Gasteiger charge is -2.27. The van der Waals surface area contributed by atoms with Crippen LogP contribution < -0.4 is 15.5 Å². The predicted molar refractivity (Wildman–Crippen MR) is 94.6 cm³/mol. The zero-order valence-corrected chi connectivity index (χ0v) is 13.8. The van der Waals surface area contributed by atoms with E-state index in [0.29, 0.717) is 22.9 Å². The molecule has 2 amide bonds. The van der Waals surface area contributed by atoms with E-state index < -0.39 is 17.6 Å².